The molecule has 0 bridgehead atoms. The summed E-state index contributed by atoms with van der Waals surface area (Å²) in [5, 5.41) is 2.99. The molecule has 2 aromatic rings. The van der Waals surface area contributed by atoms with Gasteiger partial charge in [0.1, 0.15) is 0 Å². The molecule has 158 valence electrons. The van der Waals surface area contributed by atoms with Crippen LogP contribution in [0.2, 0.25) is 0 Å². The van der Waals surface area contributed by atoms with Crippen molar-refractivity contribution < 1.29 is 14.3 Å². The molecule has 1 N–H and O–H groups in total. The lowest BCUT2D eigenvalue weighted by molar-refractivity contribution is -0.142. The van der Waals surface area contributed by atoms with Gasteiger partial charge >= 0.3 is 6.03 Å². The molecule has 0 saturated carbocycles. The SMILES string of the molecule is CCOC(CN(CCc1ccccc1)C(=O)Nc1ccc(N(C)C)cc1)OCC. The Morgan fingerprint density at radius 3 is 2.14 bits per heavy atom. The van der Waals surface area contributed by atoms with E-state index < -0.39 is 6.29 Å². The van der Waals surface area contributed by atoms with Crippen molar-refractivity contribution in [2.24, 2.45) is 0 Å². The van der Waals surface area contributed by atoms with Crippen molar-refractivity contribution in [3.8, 4) is 0 Å². The number of nitrogens with zero attached hydrogens (tertiary/aromatic N) is 2. The van der Waals surface area contributed by atoms with Crippen LogP contribution in [0.15, 0.2) is 54.6 Å². The molecule has 0 atom stereocenters. The van der Waals surface area contributed by atoms with Crippen LogP contribution in [0.4, 0.5) is 16.2 Å². The Bertz CT molecular complexity index is 714. The van der Waals surface area contributed by atoms with Crippen molar-refractivity contribution in [1.29, 1.82) is 0 Å². The summed E-state index contributed by atoms with van der Waals surface area (Å²) in [6.07, 6.45) is 0.321. The number of rotatable bonds is 11. The average Bonchev–Trinajstić information content (AvgIpc) is 2.72. The molecular formula is C23H33N3O3. The van der Waals surface area contributed by atoms with Gasteiger partial charge in [0, 0.05) is 45.2 Å². The van der Waals surface area contributed by atoms with E-state index in [-0.39, 0.29) is 6.03 Å². The highest BCUT2D eigenvalue weighted by Gasteiger charge is 2.20. The van der Waals surface area contributed by atoms with Gasteiger partial charge in [-0.2, -0.15) is 0 Å². The van der Waals surface area contributed by atoms with Crippen molar-refractivity contribution in [2.45, 2.75) is 26.6 Å². The maximum absolute atomic E-state index is 13.0. The van der Waals surface area contributed by atoms with Crippen LogP contribution in [0.3, 0.4) is 0 Å². The Balaban J connectivity index is 2.07. The second-order valence-electron chi connectivity index (χ2n) is 6.89. The molecule has 2 amide bonds. The van der Waals surface area contributed by atoms with Gasteiger partial charge in [0.05, 0.1) is 6.54 Å². The van der Waals surface area contributed by atoms with E-state index in [0.717, 1.165) is 17.8 Å². The van der Waals surface area contributed by atoms with E-state index in [0.29, 0.717) is 26.3 Å². The van der Waals surface area contributed by atoms with Gasteiger partial charge in [-0.3, -0.25) is 0 Å². The second kappa shape index (κ2) is 12.1. The third-order valence-electron chi connectivity index (χ3n) is 4.51. The smallest absolute Gasteiger partial charge is 0.322 e. The fourth-order valence-corrected chi connectivity index (χ4v) is 2.94. The highest BCUT2D eigenvalue weighted by Crippen LogP contribution is 2.16. The van der Waals surface area contributed by atoms with Crippen LogP contribution in [0.5, 0.6) is 0 Å². The number of carbonyl (C=O) groups excluding carboxylic acids is 1. The minimum absolute atomic E-state index is 0.164. The second-order valence-corrected chi connectivity index (χ2v) is 6.89. The Morgan fingerprint density at radius 1 is 0.966 bits per heavy atom. The molecule has 6 nitrogen and oxygen atoms in total. The first-order valence-electron chi connectivity index (χ1n) is 10.1. The quantitative estimate of drug-likeness (QED) is 0.575. The summed E-state index contributed by atoms with van der Waals surface area (Å²) in [5.41, 5.74) is 3.02. The molecule has 0 heterocycles. The lowest BCUT2D eigenvalue weighted by Crippen LogP contribution is -2.43. The van der Waals surface area contributed by atoms with E-state index in [2.05, 4.69) is 17.4 Å². The van der Waals surface area contributed by atoms with Gasteiger partial charge in [0.25, 0.3) is 0 Å². The van der Waals surface area contributed by atoms with Crippen LogP contribution < -0.4 is 10.2 Å². The molecule has 0 aliphatic heterocycles. The highest BCUT2D eigenvalue weighted by atomic mass is 16.7. The number of nitrogens with one attached hydrogen (secondary N) is 1. The Labute approximate surface area is 174 Å². The molecular weight excluding hydrogens is 366 g/mol. The van der Waals surface area contributed by atoms with Crippen LogP contribution in [0, 0.1) is 0 Å². The number of urea groups is 1. The molecule has 2 rings (SSSR count). The summed E-state index contributed by atoms with van der Waals surface area (Å²) < 4.78 is 11.3. The monoisotopic (exact) mass is 399 g/mol. The summed E-state index contributed by atoms with van der Waals surface area (Å²) in [6, 6.07) is 17.8. The maximum Gasteiger partial charge on any atom is 0.322 e. The summed E-state index contributed by atoms with van der Waals surface area (Å²) in [6.45, 7) is 5.85. The number of hydrogen-bond donors (Lipinski definition) is 1. The van der Waals surface area contributed by atoms with Crippen LogP contribution in [-0.2, 0) is 15.9 Å². The first-order valence-corrected chi connectivity index (χ1v) is 10.1. The molecule has 2 aromatic carbocycles. The van der Waals surface area contributed by atoms with Gasteiger partial charge in [-0.15, -0.1) is 0 Å². The molecule has 0 spiro atoms. The third kappa shape index (κ3) is 7.75. The van der Waals surface area contributed by atoms with E-state index in [1.807, 2.05) is 75.3 Å². The molecule has 29 heavy (non-hydrogen) atoms. The van der Waals surface area contributed by atoms with Gasteiger partial charge < -0.3 is 24.6 Å². The van der Waals surface area contributed by atoms with Crippen molar-refractivity contribution in [3.05, 3.63) is 60.2 Å². The summed E-state index contributed by atoms with van der Waals surface area (Å²) in [7, 11) is 3.97. The fourth-order valence-electron chi connectivity index (χ4n) is 2.94. The lowest BCUT2D eigenvalue weighted by Gasteiger charge is -2.28. The number of ether oxygens (including phenoxy) is 2. The maximum atomic E-state index is 13.0. The van der Waals surface area contributed by atoms with Crippen molar-refractivity contribution in [3.63, 3.8) is 0 Å². The third-order valence-corrected chi connectivity index (χ3v) is 4.51. The van der Waals surface area contributed by atoms with Crippen LogP contribution in [0.1, 0.15) is 19.4 Å². The van der Waals surface area contributed by atoms with Gasteiger partial charge in [-0.05, 0) is 50.1 Å². The normalized spacial score (nSPS) is 10.8. The van der Waals surface area contributed by atoms with Crippen LogP contribution >= 0.6 is 0 Å². The van der Waals surface area contributed by atoms with E-state index in [1.54, 1.807) is 4.90 Å². The molecule has 0 aliphatic carbocycles. The minimum Gasteiger partial charge on any atom is -0.378 e. The number of benzene rings is 2. The summed E-state index contributed by atoms with van der Waals surface area (Å²) in [4.78, 5) is 16.8. The van der Waals surface area contributed by atoms with Gasteiger partial charge in [-0.1, -0.05) is 30.3 Å². The molecule has 0 saturated heterocycles. The van der Waals surface area contributed by atoms with Crippen LogP contribution in [-0.4, -0.2) is 57.6 Å². The number of amides is 2. The lowest BCUT2D eigenvalue weighted by atomic mass is 10.1. The molecule has 6 heteroatoms. The van der Waals surface area contributed by atoms with E-state index in [9.17, 15) is 4.79 Å². The molecule has 0 radical (unpaired) electrons. The number of carbonyl (C=O) groups is 1. The molecule has 0 aliphatic rings. The largest absolute Gasteiger partial charge is 0.378 e. The number of hydrogen-bond acceptors (Lipinski definition) is 4. The van der Waals surface area contributed by atoms with Crippen molar-refractivity contribution >= 4 is 17.4 Å². The van der Waals surface area contributed by atoms with Crippen molar-refractivity contribution in [2.75, 3.05) is 50.6 Å². The Kier molecular flexibility index (Phi) is 9.47. The van der Waals surface area contributed by atoms with Crippen molar-refractivity contribution in [1.82, 2.24) is 4.90 Å². The Hall–Kier alpha value is -2.57. The van der Waals surface area contributed by atoms with E-state index in [4.69, 9.17) is 9.47 Å². The zero-order valence-electron chi connectivity index (χ0n) is 17.9. The topological polar surface area (TPSA) is 54.0 Å². The first-order chi connectivity index (χ1) is 14.0. The zero-order valence-corrected chi connectivity index (χ0v) is 17.9. The first kappa shape index (κ1) is 22.7. The number of anilines is 2. The van der Waals surface area contributed by atoms with E-state index >= 15 is 0 Å². The van der Waals surface area contributed by atoms with Gasteiger partial charge in [0.2, 0.25) is 0 Å². The predicted molar refractivity (Wildman–Crippen MR) is 119 cm³/mol. The standard InChI is InChI=1S/C23H33N3O3/c1-5-28-22(29-6-2)18-26(17-16-19-10-8-7-9-11-19)23(27)24-20-12-14-21(15-13-20)25(3)4/h7-15,22H,5-6,16-18H2,1-4H3,(H,24,27). The van der Waals surface area contributed by atoms with Gasteiger partial charge in [-0.25, -0.2) is 4.79 Å². The molecule has 0 aromatic heterocycles. The molecule has 0 fully saturated rings. The van der Waals surface area contributed by atoms with Gasteiger partial charge in [0.15, 0.2) is 6.29 Å². The Morgan fingerprint density at radius 2 is 1.59 bits per heavy atom. The molecule has 0 unspecified atom stereocenters. The average molecular weight is 400 g/mol. The highest BCUT2D eigenvalue weighted by molar-refractivity contribution is 5.89. The fraction of sp³-hybridized carbons (Fsp3) is 0.435. The summed E-state index contributed by atoms with van der Waals surface area (Å²) >= 11 is 0. The van der Waals surface area contributed by atoms with Crippen LogP contribution in [0.25, 0.3) is 0 Å². The van der Waals surface area contributed by atoms with E-state index in [1.165, 1.54) is 5.56 Å². The summed E-state index contributed by atoms with van der Waals surface area (Å²) in [5.74, 6) is 0. The minimum atomic E-state index is -0.442. The zero-order chi connectivity index (χ0) is 21.1. The predicted octanol–water partition coefficient (Wildman–Crippen LogP) is 4.23.